The zero-order chi connectivity index (χ0) is 18.2. The van der Waals surface area contributed by atoms with Gasteiger partial charge in [0.1, 0.15) is 5.60 Å². The summed E-state index contributed by atoms with van der Waals surface area (Å²) < 4.78 is 6.07. The molecule has 0 unspecified atom stereocenters. The van der Waals surface area contributed by atoms with Crippen LogP contribution in [0, 0.1) is 0 Å². The Kier molecular flexibility index (Phi) is 4.88. The summed E-state index contributed by atoms with van der Waals surface area (Å²) in [6.45, 7) is 6.51. The number of nitrogens with one attached hydrogen (secondary N) is 1. The third-order valence-electron chi connectivity index (χ3n) is 3.77. The van der Waals surface area contributed by atoms with Crippen molar-refractivity contribution in [2.45, 2.75) is 38.8 Å². The van der Waals surface area contributed by atoms with E-state index in [0.29, 0.717) is 29.4 Å². The van der Waals surface area contributed by atoms with Gasteiger partial charge in [-0.3, -0.25) is 9.78 Å². The number of ether oxygens (including phenoxy) is 1. The standard InChI is InChI=1S/C17H20ClN3O3S/c1-17(2,3)24-16(23)20-10-5-7-21(9-10)15(22)13-8-12-14(25-13)11(18)4-6-19-12/h4,6,8,10H,5,7,9H2,1-3H3,(H,20,23)/t10-/m0/s1. The lowest BCUT2D eigenvalue weighted by Gasteiger charge is -2.22. The molecule has 0 bridgehead atoms. The van der Waals surface area contributed by atoms with Gasteiger partial charge in [-0.05, 0) is 39.3 Å². The summed E-state index contributed by atoms with van der Waals surface area (Å²) in [5, 5.41) is 3.42. The maximum absolute atomic E-state index is 12.7. The van der Waals surface area contributed by atoms with Crippen LogP contribution >= 0.6 is 22.9 Å². The fourth-order valence-corrected chi connectivity index (χ4v) is 3.96. The second-order valence-corrected chi connectivity index (χ2v) is 8.46. The summed E-state index contributed by atoms with van der Waals surface area (Å²) in [5.41, 5.74) is 0.185. The SMILES string of the molecule is CC(C)(C)OC(=O)N[C@H]1CCN(C(=O)c2cc3nccc(Cl)c3s2)C1. The lowest BCUT2D eigenvalue weighted by molar-refractivity contribution is 0.0502. The number of likely N-dealkylation sites (tertiary alicyclic amines) is 1. The fourth-order valence-electron chi connectivity index (χ4n) is 2.71. The first-order valence-electron chi connectivity index (χ1n) is 8.06. The molecular formula is C17H20ClN3O3S. The van der Waals surface area contributed by atoms with Crippen LogP contribution in [0.5, 0.6) is 0 Å². The minimum Gasteiger partial charge on any atom is -0.444 e. The number of rotatable bonds is 2. The molecule has 8 heteroatoms. The number of fused-ring (bicyclic) bond motifs is 1. The lowest BCUT2D eigenvalue weighted by Crippen LogP contribution is -2.41. The van der Waals surface area contributed by atoms with E-state index < -0.39 is 11.7 Å². The summed E-state index contributed by atoms with van der Waals surface area (Å²) in [4.78, 5) is 31.2. The molecule has 1 atom stereocenters. The van der Waals surface area contributed by atoms with Crippen LogP contribution in [0.25, 0.3) is 10.2 Å². The van der Waals surface area contributed by atoms with Crippen molar-refractivity contribution in [1.82, 2.24) is 15.2 Å². The van der Waals surface area contributed by atoms with E-state index in [-0.39, 0.29) is 11.9 Å². The topological polar surface area (TPSA) is 71.5 Å². The molecule has 3 heterocycles. The Morgan fingerprint density at radius 1 is 1.44 bits per heavy atom. The molecule has 0 radical (unpaired) electrons. The molecule has 1 N–H and O–H groups in total. The molecule has 2 aromatic heterocycles. The number of carbonyl (C=O) groups excluding carboxylic acids is 2. The Morgan fingerprint density at radius 3 is 2.88 bits per heavy atom. The van der Waals surface area contributed by atoms with E-state index in [1.807, 2.05) is 20.8 Å². The maximum Gasteiger partial charge on any atom is 0.407 e. The van der Waals surface area contributed by atoms with Crippen molar-refractivity contribution >= 4 is 45.2 Å². The Labute approximate surface area is 155 Å². The molecule has 1 aliphatic rings. The number of thiophene rings is 1. The number of aromatic nitrogens is 1. The van der Waals surface area contributed by atoms with Crippen molar-refractivity contribution in [1.29, 1.82) is 0 Å². The van der Waals surface area contributed by atoms with Crippen LogP contribution < -0.4 is 5.32 Å². The Bertz CT molecular complexity index is 815. The average Bonchev–Trinajstić information content (AvgIpc) is 3.12. The van der Waals surface area contributed by atoms with Gasteiger partial charge in [-0.15, -0.1) is 11.3 Å². The number of hydrogen-bond acceptors (Lipinski definition) is 5. The Morgan fingerprint density at radius 2 is 2.20 bits per heavy atom. The molecule has 1 saturated heterocycles. The van der Waals surface area contributed by atoms with Gasteiger partial charge >= 0.3 is 6.09 Å². The molecule has 2 aromatic rings. The minimum atomic E-state index is -0.540. The average molecular weight is 382 g/mol. The first kappa shape index (κ1) is 17.9. The highest BCUT2D eigenvalue weighted by Gasteiger charge is 2.30. The smallest absolute Gasteiger partial charge is 0.407 e. The van der Waals surface area contributed by atoms with E-state index >= 15 is 0 Å². The fraction of sp³-hybridized carbons (Fsp3) is 0.471. The summed E-state index contributed by atoms with van der Waals surface area (Å²) in [7, 11) is 0. The Hall–Kier alpha value is -1.86. The van der Waals surface area contributed by atoms with Gasteiger partial charge in [-0.25, -0.2) is 4.79 Å². The van der Waals surface area contributed by atoms with Crippen LogP contribution in [0.3, 0.4) is 0 Å². The van der Waals surface area contributed by atoms with Crippen LogP contribution in [0.2, 0.25) is 5.02 Å². The lowest BCUT2D eigenvalue weighted by atomic mass is 10.2. The van der Waals surface area contributed by atoms with Crippen LogP contribution in [0.15, 0.2) is 18.3 Å². The first-order chi connectivity index (χ1) is 11.7. The first-order valence-corrected chi connectivity index (χ1v) is 9.25. The van der Waals surface area contributed by atoms with Crippen LogP contribution in [-0.2, 0) is 4.74 Å². The maximum atomic E-state index is 12.7. The number of amides is 2. The monoisotopic (exact) mass is 381 g/mol. The number of carbonyl (C=O) groups is 2. The van der Waals surface area contributed by atoms with Gasteiger partial charge in [0.15, 0.2) is 0 Å². The van der Waals surface area contributed by atoms with Gasteiger partial charge in [-0.2, -0.15) is 0 Å². The number of alkyl carbamates (subject to hydrolysis) is 1. The van der Waals surface area contributed by atoms with Crippen molar-refractivity contribution in [3.05, 3.63) is 28.2 Å². The third kappa shape index (κ3) is 4.22. The van der Waals surface area contributed by atoms with Gasteiger partial charge in [0, 0.05) is 19.3 Å². The third-order valence-corrected chi connectivity index (χ3v) is 5.34. The zero-order valence-electron chi connectivity index (χ0n) is 14.3. The van der Waals surface area contributed by atoms with Gasteiger partial charge in [-0.1, -0.05) is 11.6 Å². The molecule has 2 amide bonds. The van der Waals surface area contributed by atoms with Crippen LogP contribution in [0.1, 0.15) is 36.9 Å². The molecule has 0 aliphatic carbocycles. The molecule has 1 fully saturated rings. The van der Waals surface area contributed by atoms with Gasteiger partial charge < -0.3 is 15.0 Å². The molecule has 6 nitrogen and oxygen atoms in total. The van der Waals surface area contributed by atoms with Crippen molar-refractivity contribution in [3.8, 4) is 0 Å². The quantitative estimate of drug-likeness (QED) is 0.861. The summed E-state index contributed by atoms with van der Waals surface area (Å²) in [6, 6.07) is 3.38. The van der Waals surface area contributed by atoms with E-state index in [9.17, 15) is 9.59 Å². The van der Waals surface area contributed by atoms with E-state index in [2.05, 4.69) is 10.3 Å². The van der Waals surface area contributed by atoms with Crippen molar-refractivity contribution in [2.24, 2.45) is 0 Å². The van der Waals surface area contributed by atoms with Gasteiger partial charge in [0.05, 0.1) is 26.2 Å². The number of nitrogens with zero attached hydrogens (tertiary/aromatic N) is 2. The molecule has 0 saturated carbocycles. The van der Waals surface area contributed by atoms with Crippen molar-refractivity contribution in [2.75, 3.05) is 13.1 Å². The van der Waals surface area contributed by atoms with Crippen molar-refractivity contribution < 1.29 is 14.3 Å². The number of halogens is 1. The molecular weight excluding hydrogens is 362 g/mol. The van der Waals surface area contributed by atoms with E-state index in [1.54, 1.807) is 23.2 Å². The highest BCUT2D eigenvalue weighted by Crippen LogP contribution is 2.31. The number of pyridine rings is 1. The minimum absolute atomic E-state index is 0.0624. The highest BCUT2D eigenvalue weighted by molar-refractivity contribution is 7.21. The summed E-state index contributed by atoms with van der Waals surface area (Å²) in [6.07, 6.45) is 1.88. The largest absolute Gasteiger partial charge is 0.444 e. The van der Waals surface area contributed by atoms with Crippen LogP contribution in [0.4, 0.5) is 4.79 Å². The molecule has 134 valence electrons. The predicted octanol–water partition coefficient (Wildman–Crippen LogP) is 3.69. The summed E-state index contributed by atoms with van der Waals surface area (Å²) >= 11 is 7.50. The van der Waals surface area contributed by atoms with Crippen molar-refractivity contribution in [3.63, 3.8) is 0 Å². The molecule has 3 rings (SSSR count). The Balaban J connectivity index is 1.64. The predicted molar refractivity (Wildman–Crippen MR) is 98.3 cm³/mol. The molecule has 25 heavy (non-hydrogen) atoms. The molecule has 0 spiro atoms. The molecule has 0 aromatic carbocycles. The van der Waals surface area contributed by atoms with E-state index in [0.717, 1.165) is 10.2 Å². The van der Waals surface area contributed by atoms with E-state index in [4.69, 9.17) is 16.3 Å². The second kappa shape index (κ2) is 6.80. The van der Waals surface area contributed by atoms with Gasteiger partial charge in [0.25, 0.3) is 5.91 Å². The zero-order valence-corrected chi connectivity index (χ0v) is 15.9. The second-order valence-electron chi connectivity index (χ2n) is 7.00. The summed E-state index contributed by atoms with van der Waals surface area (Å²) in [5.74, 6) is -0.0624. The van der Waals surface area contributed by atoms with Crippen LogP contribution in [-0.4, -0.2) is 46.6 Å². The highest BCUT2D eigenvalue weighted by atomic mass is 35.5. The van der Waals surface area contributed by atoms with Gasteiger partial charge in [0.2, 0.25) is 0 Å². The number of hydrogen-bond donors (Lipinski definition) is 1. The van der Waals surface area contributed by atoms with E-state index in [1.165, 1.54) is 11.3 Å². The normalized spacial score (nSPS) is 17.8. The molecule has 1 aliphatic heterocycles.